The van der Waals surface area contributed by atoms with Gasteiger partial charge in [0.15, 0.2) is 0 Å². The van der Waals surface area contributed by atoms with Gasteiger partial charge in [-0.1, -0.05) is 71.8 Å². The zero-order valence-corrected chi connectivity index (χ0v) is 24.4. The van der Waals surface area contributed by atoms with Crippen LogP contribution in [0.3, 0.4) is 0 Å². The zero-order chi connectivity index (χ0) is 27.3. The van der Waals surface area contributed by atoms with Crippen LogP contribution in [-0.4, -0.2) is 19.6 Å². The van der Waals surface area contributed by atoms with E-state index in [-0.39, 0.29) is 26.8 Å². The maximum absolute atomic E-state index is 11.3. The molecule has 5 aromatic carbocycles. The van der Waals surface area contributed by atoms with Gasteiger partial charge in [-0.25, -0.2) is 4.98 Å². The van der Waals surface area contributed by atoms with E-state index in [4.69, 9.17) is 9.40 Å². The monoisotopic (exact) mass is 723 g/mol. The van der Waals surface area contributed by atoms with Crippen LogP contribution in [0.2, 0.25) is 0 Å². The van der Waals surface area contributed by atoms with Gasteiger partial charge < -0.3 is 9.52 Å². The molecule has 0 fully saturated rings. The van der Waals surface area contributed by atoms with E-state index >= 15 is 0 Å². The maximum atomic E-state index is 11.3. The molecular formula is C36H22N3O2Pt-. The van der Waals surface area contributed by atoms with Crippen molar-refractivity contribution in [2.45, 2.75) is 0 Å². The molecule has 0 saturated heterocycles. The largest absolute Gasteiger partial charge is 0.507 e. The van der Waals surface area contributed by atoms with Crippen molar-refractivity contribution in [1.82, 2.24) is 14.5 Å². The Morgan fingerprint density at radius 2 is 1.45 bits per heavy atom. The molecule has 5 nitrogen and oxygen atoms in total. The molecule has 0 unspecified atom stereocenters. The van der Waals surface area contributed by atoms with Gasteiger partial charge in [-0.15, -0.1) is 29.8 Å². The number of hydrogen-bond acceptors (Lipinski definition) is 4. The summed E-state index contributed by atoms with van der Waals surface area (Å²) in [5.41, 5.74) is 8.38. The Labute approximate surface area is 256 Å². The predicted molar refractivity (Wildman–Crippen MR) is 163 cm³/mol. The topological polar surface area (TPSA) is 64.1 Å². The Hall–Kier alpha value is -4.99. The third-order valence-corrected chi connectivity index (χ3v) is 7.46. The average molecular weight is 724 g/mol. The van der Waals surface area contributed by atoms with Gasteiger partial charge in [0.1, 0.15) is 22.7 Å². The summed E-state index contributed by atoms with van der Waals surface area (Å²) in [6.45, 7) is 0. The third-order valence-electron chi connectivity index (χ3n) is 7.46. The van der Waals surface area contributed by atoms with E-state index < -0.39 is 0 Å². The van der Waals surface area contributed by atoms with Gasteiger partial charge in [-0.2, -0.15) is 0 Å². The number of imidazole rings is 1. The smallest absolute Gasteiger partial charge is 0.148 e. The molecule has 42 heavy (non-hydrogen) atoms. The molecule has 0 spiro atoms. The molecule has 0 radical (unpaired) electrons. The minimum Gasteiger partial charge on any atom is -0.507 e. The predicted octanol–water partition coefficient (Wildman–Crippen LogP) is 8.82. The van der Waals surface area contributed by atoms with Crippen molar-refractivity contribution in [1.29, 1.82) is 0 Å². The standard InChI is InChI=1S/C36H22N3O2.Pt/c40-32-22-34-28(27-14-4-5-18-33(27)41-34)21-29(32)36-38-35-26(15-9-17-31(35)39(36)25-12-2-1-3-13-25)23-10-8-11-24(20-23)30-16-6-7-19-37-30;/h1-19,21-22,40H;/q-1;. The van der Waals surface area contributed by atoms with Crippen LogP contribution in [0.25, 0.3) is 72.4 Å². The van der Waals surface area contributed by atoms with Crippen LogP contribution in [0.4, 0.5) is 0 Å². The minimum atomic E-state index is 0. The first kappa shape index (κ1) is 25.9. The maximum Gasteiger partial charge on any atom is 0.148 e. The van der Waals surface area contributed by atoms with Crippen molar-refractivity contribution in [3.05, 3.63) is 134 Å². The van der Waals surface area contributed by atoms with Crippen molar-refractivity contribution >= 4 is 33.0 Å². The molecule has 1 N–H and O–H groups in total. The number of phenolic OH excluding ortho intramolecular Hbond substituents is 1. The van der Waals surface area contributed by atoms with Gasteiger partial charge in [0.25, 0.3) is 0 Å². The number of pyridine rings is 1. The van der Waals surface area contributed by atoms with Crippen molar-refractivity contribution in [3.8, 4) is 45.2 Å². The van der Waals surface area contributed by atoms with Gasteiger partial charge in [-0.3, -0.25) is 9.55 Å². The van der Waals surface area contributed by atoms with Gasteiger partial charge >= 0.3 is 0 Å². The summed E-state index contributed by atoms with van der Waals surface area (Å²) in [6.07, 6.45) is 1.79. The number of benzene rings is 5. The number of furan rings is 1. The Morgan fingerprint density at radius 1 is 0.667 bits per heavy atom. The number of rotatable bonds is 4. The molecule has 0 aliphatic heterocycles. The number of aromatic hydroxyl groups is 1. The SMILES string of the molecule is Oc1cc2oc3ccccc3c2cc1-c1nc2c(-c3[c-]c(-c4ccccn4)ccc3)cccc2n1-c1ccccc1.[Pt]. The second-order valence-corrected chi connectivity index (χ2v) is 9.94. The van der Waals surface area contributed by atoms with E-state index in [1.54, 1.807) is 12.3 Å². The Balaban J connectivity index is 0.00000288. The molecule has 8 aromatic rings. The van der Waals surface area contributed by atoms with E-state index in [9.17, 15) is 5.11 Å². The quantitative estimate of drug-likeness (QED) is 0.185. The Bertz CT molecular complexity index is 2220. The molecule has 6 heteroatoms. The summed E-state index contributed by atoms with van der Waals surface area (Å²) in [5.74, 6) is 0.749. The van der Waals surface area contributed by atoms with Crippen LogP contribution >= 0.6 is 0 Å². The van der Waals surface area contributed by atoms with Crippen LogP contribution < -0.4 is 0 Å². The van der Waals surface area contributed by atoms with Gasteiger partial charge in [-0.05, 0) is 36.4 Å². The summed E-state index contributed by atoms with van der Waals surface area (Å²) in [4.78, 5) is 9.72. The number of para-hydroxylation sites is 3. The van der Waals surface area contributed by atoms with E-state index in [2.05, 4.69) is 27.8 Å². The Kier molecular flexibility index (Phi) is 6.45. The minimum absolute atomic E-state index is 0. The second-order valence-electron chi connectivity index (χ2n) is 9.94. The van der Waals surface area contributed by atoms with Crippen LogP contribution in [-0.2, 0) is 21.1 Å². The van der Waals surface area contributed by atoms with Crippen LogP contribution in [0.5, 0.6) is 5.75 Å². The number of nitrogens with zero attached hydrogens (tertiary/aromatic N) is 3. The van der Waals surface area contributed by atoms with Crippen molar-refractivity contribution in [2.75, 3.05) is 0 Å². The number of aromatic nitrogens is 3. The fraction of sp³-hybridized carbons (Fsp3) is 0. The summed E-state index contributed by atoms with van der Waals surface area (Å²) in [7, 11) is 0. The van der Waals surface area contributed by atoms with E-state index in [0.717, 1.165) is 55.5 Å². The molecule has 0 amide bonds. The van der Waals surface area contributed by atoms with E-state index in [1.165, 1.54) is 0 Å². The molecular weight excluding hydrogens is 701 g/mol. The summed E-state index contributed by atoms with van der Waals surface area (Å²) >= 11 is 0. The molecule has 0 atom stereocenters. The first-order valence-corrected chi connectivity index (χ1v) is 13.4. The van der Waals surface area contributed by atoms with Gasteiger partial charge in [0.2, 0.25) is 0 Å². The summed E-state index contributed by atoms with van der Waals surface area (Å²) < 4.78 is 8.13. The number of phenols is 1. The summed E-state index contributed by atoms with van der Waals surface area (Å²) in [5, 5.41) is 13.2. The van der Waals surface area contributed by atoms with Crippen LogP contribution in [0, 0.1) is 6.07 Å². The number of hydrogen-bond donors (Lipinski definition) is 1. The molecule has 3 heterocycles. The molecule has 3 aromatic heterocycles. The molecule has 0 aliphatic carbocycles. The first-order chi connectivity index (χ1) is 20.2. The fourth-order valence-corrected chi connectivity index (χ4v) is 5.57. The van der Waals surface area contributed by atoms with Crippen molar-refractivity contribution < 1.29 is 30.6 Å². The molecule has 0 bridgehead atoms. The van der Waals surface area contributed by atoms with Crippen molar-refractivity contribution in [3.63, 3.8) is 0 Å². The van der Waals surface area contributed by atoms with Crippen LogP contribution in [0.15, 0.2) is 132 Å². The summed E-state index contributed by atoms with van der Waals surface area (Å²) in [6, 6.07) is 43.3. The van der Waals surface area contributed by atoms with Gasteiger partial charge in [0.05, 0.1) is 16.6 Å². The third kappa shape index (κ3) is 4.22. The first-order valence-electron chi connectivity index (χ1n) is 13.4. The molecule has 0 saturated carbocycles. The fourth-order valence-electron chi connectivity index (χ4n) is 5.57. The number of fused-ring (bicyclic) bond motifs is 4. The molecule has 8 rings (SSSR count). The molecule has 204 valence electrons. The zero-order valence-electron chi connectivity index (χ0n) is 22.1. The molecule has 0 aliphatic rings. The second kappa shape index (κ2) is 10.4. The normalized spacial score (nSPS) is 11.2. The Morgan fingerprint density at radius 3 is 2.31 bits per heavy atom. The van der Waals surface area contributed by atoms with E-state index in [1.807, 2.05) is 103 Å². The van der Waals surface area contributed by atoms with E-state index in [0.29, 0.717) is 17.0 Å². The average Bonchev–Trinajstić information content (AvgIpc) is 3.59. The van der Waals surface area contributed by atoms with Crippen LogP contribution in [0.1, 0.15) is 0 Å². The van der Waals surface area contributed by atoms with Crippen molar-refractivity contribution in [2.24, 2.45) is 0 Å². The van der Waals surface area contributed by atoms with Gasteiger partial charge in [0, 0.05) is 55.5 Å².